The van der Waals surface area contributed by atoms with Crippen molar-refractivity contribution in [2.75, 3.05) is 14.2 Å². The van der Waals surface area contributed by atoms with E-state index >= 15 is 0 Å². The van der Waals surface area contributed by atoms with Crippen molar-refractivity contribution in [3.8, 4) is 0 Å². The molecule has 1 fully saturated rings. The zero-order chi connectivity index (χ0) is 19.1. The smallest absolute Gasteiger partial charge is 0.228 e. The van der Waals surface area contributed by atoms with E-state index in [4.69, 9.17) is 23.7 Å². The monoisotopic (exact) mass is 370 g/mol. The Hall–Kier alpha value is -2.18. The third-order valence-electron chi connectivity index (χ3n) is 4.53. The topological polar surface area (TPSA) is 46.2 Å². The molecule has 0 saturated carbocycles. The average molecular weight is 370 g/mol. The molecule has 144 valence electrons. The zero-order valence-corrected chi connectivity index (χ0v) is 15.7. The molecular weight excluding hydrogens is 344 g/mol. The maximum Gasteiger partial charge on any atom is 0.228 e. The molecule has 1 saturated heterocycles. The Morgan fingerprint density at radius 2 is 1.30 bits per heavy atom. The molecule has 0 bridgehead atoms. The third kappa shape index (κ3) is 4.96. The molecular formula is C22H26O5. The molecule has 4 atom stereocenters. The van der Waals surface area contributed by atoms with Gasteiger partial charge in [0.05, 0.1) is 13.2 Å². The molecule has 0 aromatic heterocycles. The first kappa shape index (κ1) is 19.6. The van der Waals surface area contributed by atoms with Gasteiger partial charge in [0.15, 0.2) is 0 Å². The van der Waals surface area contributed by atoms with Gasteiger partial charge in [-0.2, -0.15) is 0 Å². The lowest BCUT2D eigenvalue weighted by Crippen LogP contribution is -2.55. The van der Waals surface area contributed by atoms with E-state index in [-0.39, 0.29) is 0 Å². The van der Waals surface area contributed by atoms with Crippen LogP contribution < -0.4 is 0 Å². The highest BCUT2D eigenvalue weighted by atomic mass is 16.7. The van der Waals surface area contributed by atoms with Gasteiger partial charge in [0, 0.05) is 14.2 Å². The summed E-state index contributed by atoms with van der Waals surface area (Å²) >= 11 is 0. The van der Waals surface area contributed by atoms with Crippen molar-refractivity contribution >= 4 is 0 Å². The summed E-state index contributed by atoms with van der Waals surface area (Å²) in [6.07, 6.45) is -1.94. The number of hydrogen-bond acceptors (Lipinski definition) is 5. The molecule has 1 heterocycles. The molecule has 1 aliphatic rings. The molecule has 5 heteroatoms. The Morgan fingerprint density at radius 3 is 1.78 bits per heavy atom. The molecule has 27 heavy (non-hydrogen) atoms. The van der Waals surface area contributed by atoms with Crippen LogP contribution in [-0.2, 0) is 36.9 Å². The first-order valence-electron chi connectivity index (χ1n) is 8.95. The van der Waals surface area contributed by atoms with Crippen molar-refractivity contribution in [3.05, 3.63) is 84.1 Å². The summed E-state index contributed by atoms with van der Waals surface area (Å²) in [5, 5.41) is 0. The van der Waals surface area contributed by atoms with Crippen molar-refractivity contribution in [1.82, 2.24) is 0 Å². The highest BCUT2D eigenvalue weighted by Gasteiger charge is 2.45. The van der Waals surface area contributed by atoms with E-state index in [1.807, 2.05) is 60.7 Å². The van der Waals surface area contributed by atoms with Crippen LogP contribution in [-0.4, -0.2) is 38.8 Å². The van der Waals surface area contributed by atoms with E-state index in [0.29, 0.717) is 19.0 Å². The summed E-state index contributed by atoms with van der Waals surface area (Å²) in [4.78, 5) is 0. The van der Waals surface area contributed by atoms with Gasteiger partial charge in [0.1, 0.15) is 24.1 Å². The van der Waals surface area contributed by atoms with Gasteiger partial charge in [-0.25, -0.2) is 0 Å². The van der Waals surface area contributed by atoms with Crippen molar-refractivity contribution in [2.45, 2.75) is 37.8 Å². The van der Waals surface area contributed by atoms with Crippen LogP contribution in [0.4, 0.5) is 0 Å². The number of rotatable bonds is 8. The average Bonchev–Trinajstić information content (AvgIpc) is 2.72. The highest BCUT2D eigenvalue weighted by Crippen LogP contribution is 2.30. The highest BCUT2D eigenvalue weighted by molar-refractivity contribution is 5.15. The zero-order valence-electron chi connectivity index (χ0n) is 15.7. The van der Waals surface area contributed by atoms with E-state index in [2.05, 4.69) is 6.58 Å². The number of methoxy groups -OCH3 is 2. The van der Waals surface area contributed by atoms with E-state index in [0.717, 1.165) is 11.1 Å². The van der Waals surface area contributed by atoms with Crippen LogP contribution in [0.25, 0.3) is 0 Å². The standard InChI is InChI=1S/C22H26O5/c1-16-19(23-2)20(25-14-17-10-6-4-7-11-17)21(22(24-3)27-16)26-15-18-12-8-5-9-13-18/h4-13,19-22H,1,14-15H2,2-3H3/t19-,20+,21-,22-/m1/s1. The Bertz CT molecular complexity index is 703. The summed E-state index contributed by atoms with van der Waals surface area (Å²) in [5.74, 6) is 0.474. The summed E-state index contributed by atoms with van der Waals surface area (Å²) in [6.45, 7) is 4.81. The molecule has 2 aromatic carbocycles. The predicted molar refractivity (Wildman–Crippen MR) is 102 cm³/mol. The molecule has 0 aliphatic carbocycles. The molecule has 0 amide bonds. The fraction of sp³-hybridized carbons (Fsp3) is 0.364. The molecule has 5 nitrogen and oxygen atoms in total. The minimum atomic E-state index is -0.617. The minimum Gasteiger partial charge on any atom is -0.464 e. The molecule has 0 N–H and O–H groups in total. The number of benzene rings is 2. The first-order chi connectivity index (χ1) is 13.2. The van der Waals surface area contributed by atoms with Gasteiger partial charge >= 0.3 is 0 Å². The lowest BCUT2D eigenvalue weighted by Gasteiger charge is -2.42. The maximum atomic E-state index is 6.21. The molecule has 0 radical (unpaired) electrons. The van der Waals surface area contributed by atoms with Crippen molar-refractivity contribution in [3.63, 3.8) is 0 Å². The van der Waals surface area contributed by atoms with Crippen LogP contribution >= 0.6 is 0 Å². The second-order valence-electron chi connectivity index (χ2n) is 6.37. The molecule has 0 unspecified atom stereocenters. The lowest BCUT2D eigenvalue weighted by molar-refractivity contribution is -0.266. The quantitative estimate of drug-likeness (QED) is 0.709. The van der Waals surface area contributed by atoms with Gasteiger partial charge in [0.2, 0.25) is 6.29 Å². The molecule has 2 aromatic rings. The van der Waals surface area contributed by atoms with Gasteiger partial charge in [-0.15, -0.1) is 0 Å². The fourth-order valence-electron chi connectivity index (χ4n) is 3.13. The van der Waals surface area contributed by atoms with Crippen molar-refractivity contribution < 1.29 is 23.7 Å². The van der Waals surface area contributed by atoms with Crippen molar-refractivity contribution in [1.29, 1.82) is 0 Å². The fourth-order valence-corrected chi connectivity index (χ4v) is 3.13. The predicted octanol–water partition coefficient (Wildman–Crippen LogP) is 3.69. The summed E-state index contributed by atoms with van der Waals surface area (Å²) in [6, 6.07) is 19.9. The number of ether oxygens (including phenoxy) is 5. The third-order valence-corrected chi connectivity index (χ3v) is 4.53. The number of hydrogen-bond donors (Lipinski definition) is 0. The van der Waals surface area contributed by atoms with Gasteiger partial charge in [-0.05, 0) is 11.1 Å². The van der Waals surface area contributed by atoms with Crippen LogP contribution in [0, 0.1) is 0 Å². The SMILES string of the molecule is C=C1O[C@@H](OC)[C@H](OCc2ccccc2)[C@@H](OCc2ccccc2)[C@@H]1OC. The van der Waals surface area contributed by atoms with E-state index in [1.54, 1.807) is 14.2 Å². The van der Waals surface area contributed by atoms with Gasteiger partial charge in [-0.3, -0.25) is 0 Å². The summed E-state index contributed by atoms with van der Waals surface area (Å²) in [7, 11) is 3.19. The molecule has 3 rings (SSSR count). The van der Waals surface area contributed by atoms with Crippen LogP contribution in [0.2, 0.25) is 0 Å². The van der Waals surface area contributed by atoms with E-state index in [9.17, 15) is 0 Å². The second-order valence-corrected chi connectivity index (χ2v) is 6.37. The Kier molecular flexibility index (Phi) is 7.01. The first-order valence-corrected chi connectivity index (χ1v) is 8.95. The van der Waals surface area contributed by atoms with E-state index in [1.165, 1.54) is 0 Å². The minimum absolute atomic E-state index is 0.412. The van der Waals surface area contributed by atoms with Crippen LogP contribution in [0.3, 0.4) is 0 Å². The Balaban J connectivity index is 1.76. The van der Waals surface area contributed by atoms with Crippen molar-refractivity contribution in [2.24, 2.45) is 0 Å². The lowest BCUT2D eigenvalue weighted by atomic mass is 10.0. The van der Waals surface area contributed by atoms with Crippen LogP contribution in [0.15, 0.2) is 73.0 Å². The Morgan fingerprint density at radius 1 is 0.778 bits per heavy atom. The Labute approximate surface area is 160 Å². The van der Waals surface area contributed by atoms with Crippen LogP contribution in [0.5, 0.6) is 0 Å². The van der Waals surface area contributed by atoms with Gasteiger partial charge in [-0.1, -0.05) is 67.2 Å². The summed E-state index contributed by atoms with van der Waals surface area (Å²) < 4.78 is 29.2. The normalized spacial score (nSPS) is 25.2. The van der Waals surface area contributed by atoms with Gasteiger partial charge in [0.25, 0.3) is 0 Å². The maximum absolute atomic E-state index is 6.21. The molecule has 0 spiro atoms. The molecule has 1 aliphatic heterocycles. The second kappa shape index (κ2) is 9.67. The largest absolute Gasteiger partial charge is 0.464 e. The van der Waals surface area contributed by atoms with E-state index < -0.39 is 24.6 Å². The van der Waals surface area contributed by atoms with Crippen LogP contribution in [0.1, 0.15) is 11.1 Å². The van der Waals surface area contributed by atoms with Gasteiger partial charge < -0.3 is 23.7 Å². The summed E-state index contributed by atoms with van der Waals surface area (Å²) in [5.41, 5.74) is 2.13.